The lowest BCUT2D eigenvalue weighted by Gasteiger charge is -2.22. The molecule has 0 atom stereocenters. The minimum absolute atomic E-state index is 0.132. The van der Waals surface area contributed by atoms with Gasteiger partial charge in [0.15, 0.2) is 0 Å². The number of fused-ring (bicyclic) bond motifs is 1. The van der Waals surface area contributed by atoms with E-state index in [1.165, 1.54) is 0 Å². The molecule has 1 aromatic carbocycles. The van der Waals surface area contributed by atoms with Gasteiger partial charge < -0.3 is 10.2 Å². The summed E-state index contributed by atoms with van der Waals surface area (Å²) in [7, 11) is 0. The summed E-state index contributed by atoms with van der Waals surface area (Å²) in [6, 6.07) is 10.1. The highest BCUT2D eigenvalue weighted by molar-refractivity contribution is 7.12. The molecule has 1 aliphatic heterocycles. The number of nitrogens with zero attached hydrogens (tertiary/aromatic N) is 1. The van der Waals surface area contributed by atoms with Crippen LogP contribution in [0.5, 0.6) is 0 Å². The molecule has 0 saturated carbocycles. The summed E-state index contributed by atoms with van der Waals surface area (Å²) in [5.74, 6) is 0.132. The summed E-state index contributed by atoms with van der Waals surface area (Å²) < 4.78 is 0. The number of carbonyl (C=O) groups excluding carboxylic acids is 1. The maximum atomic E-state index is 12.9. The van der Waals surface area contributed by atoms with Gasteiger partial charge in [0.1, 0.15) is 0 Å². The van der Waals surface area contributed by atoms with Gasteiger partial charge in [-0.25, -0.2) is 0 Å². The van der Waals surface area contributed by atoms with Crippen LogP contribution in [0.1, 0.15) is 28.6 Å². The van der Waals surface area contributed by atoms with E-state index >= 15 is 0 Å². The molecule has 20 heavy (non-hydrogen) atoms. The van der Waals surface area contributed by atoms with Crippen molar-refractivity contribution in [3.63, 3.8) is 0 Å². The van der Waals surface area contributed by atoms with Crippen molar-refractivity contribution in [2.75, 3.05) is 23.3 Å². The van der Waals surface area contributed by atoms with Crippen LogP contribution >= 0.6 is 11.3 Å². The van der Waals surface area contributed by atoms with E-state index < -0.39 is 0 Å². The van der Waals surface area contributed by atoms with E-state index in [9.17, 15) is 4.79 Å². The number of aryl methyl sites for hydroxylation is 1. The van der Waals surface area contributed by atoms with Gasteiger partial charge in [0, 0.05) is 13.1 Å². The lowest BCUT2D eigenvalue weighted by molar-refractivity contribution is 0.0990. The summed E-state index contributed by atoms with van der Waals surface area (Å²) in [5, 5.41) is 5.40. The normalized spacial score (nSPS) is 14.3. The Morgan fingerprint density at radius 1 is 1.35 bits per heavy atom. The van der Waals surface area contributed by atoms with Crippen molar-refractivity contribution in [3.05, 3.63) is 46.2 Å². The van der Waals surface area contributed by atoms with Crippen LogP contribution in [-0.4, -0.2) is 19.0 Å². The van der Waals surface area contributed by atoms with Crippen molar-refractivity contribution in [1.29, 1.82) is 0 Å². The third-order valence-electron chi connectivity index (χ3n) is 3.64. The second kappa shape index (κ2) is 5.67. The molecule has 1 N–H and O–H groups in total. The van der Waals surface area contributed by atoms with Crippen LogP contribution in [0.25, 0.3) is 0 Å². The Labute approximate surface area is 123 Å². The van der Waals surface area contributed by atoms with Gasteiger partial charge in [0.25, 0.3) is 5.91 Å². The fourth-order valence-corrected chi connectivity index (χ4v) is 3.52. The van der Waals surface area contributed by atoms with E-state index in [4.69, 9.17) is 0 Å². The number of thiophene rings is 1. The number of benzene rings is 1. The van der Waals surface area contributed by atoms with Gasteiger partial charge in [0.05, 0.1) is 16.3 Å². The highest BCUT2D eigenvalue weighted by Gasteiger charge is 2.24. The molecule has 0 radical (unpaired) electrons. The van der Waals surface area contributed by atoms with Crippen molar-refractivity contribution >= 4 is 28.6 Å². The van der Waals surface area contributed by atoms with Gasteiger partial charge in [-0.2, -0.15) is 0 Å². The zero-order valence-electron chi connectivity index (χ0n) is 11.6. The van der Waals surface area contributed by atoms with Gasteiger partial charge >= 0.3 is 0 Å². The van der Waals surface area contributed by atoms with Crippen LogP contribution in [0.4, 0.5) is 11.4 Å². The molecule has 1 aliphatic rings. The Morgan fingerprint density at radius 3 is 3.05 bits per heavy atom. The Bertz CT molecular complexity index is 620. The summed E-state index contributed by atoms with van der Waals surface area (Å²) in [5.41, 5.74) is 3.19. The second-order valence-corrected chi connectivity index (χ2v) is 5.80. The van der Waals surface area contributed by atoms with Crippen molar-refractivity contribution in [2.45, 2.75) is 19.8 Å². The van der Waals surface area contributed by atoms with Crippen molar-refractivity contribution in [1.82, 2.24) is 0 Å². The van der Waals surface area contributed by atoms with Crippen LogP contribution in [0, 0.1) is 0 Å². The van der Waals surface area contributed by atoms with Gasteiger partial charge in [-0.1, -0.05) is 19.1 Å². The topological polar surface area (TPSA) is 32.3 Å². The predicted molar refractivity (Wildman–Crippen MR) is 84.9 cm³/mol. The Morgan fingerprint density at radius 2 is 2.20 bits per heavy atom. The first kappa shape index (κ1) is 13.2. The quantitative estimate of drug-likeness (QED) is 0.911. The van der Waals surface area contributed by atoms with Crippen LogP contribution in [-0.2, 0) is 6.42 Å². The summed E-state index contributed by atoms with van der Waals surface area (Å²) in [6.45, 7) is 3.77. The standard InChI is InChI=1S/C16H18N2OS/c1-2-12-8-11-20-15(12)16(19)18-10-5-9-17-13-6-3-4-7-14(13)18/h3-4,6-8,11,17H,2,5,9-10H2,1H3. The molecule has 0 fully saturated rings. The maximum Gasteiger partial charge on any atom is 0.268 e. The first-order valence-corrected chi connectivity index (χ1v) is 7.90. The molecule has 4 heteroatoms. The monoisotopic (exact) mass is 286 g/mol. The average Bonchev–Trinajstić information content (AvgIpc) is 2.86. The zero-order valence-corrected chi connectivity index (χ0v) is 12.4. The smallest absolute Gasteiger partial charge is 0.268 e. The van der Waals surface area contributed by atoms with Crippen LogP contribution in [0.15, 0.2) is 35.7 Å². The third kappa shape index (κ3) is 2.31. The van der Waals surface area contributed by atoms with Crippen molar-refractivity contribution < 1.29 is 4.79 Å². The molecule has 1 aromatic heterocycles. The van der Waals surface area contributed by atoms with E-state index in [0.29, 0.717) is 0 Å². The van der Waals surface area contributed by atoms with Crippen molar-refractivity contribution in [2.24, 2.45) is 0 Å². The molecule has 0 saturated heterocycles. The number of nitrogens with one attached hydrogen (secondary N) is 1. The molecular weight excluding hydrogens is 268 g/mol. The first-order chi connectivity index (χ1) is 9.81. The van der Waals surface area contributed by atoms with Crippen LogP contribution in [0.3, 0.4) is 0 Å². The highest BCUT2D eigenvalue weighted by atomic mass is 32.1. The average molecular weight is 286 g/mol. The molecule has 0 bridgehead atoms. The van der Waals surface area contributed by atoms with Gasteiger partial charge in [-0.3, -0.25) is 4.79 Å². The highest BCUT2D eigenvalue weighted by Crippen LogP contribution is 2.31. The fourth-order valence-electron chi connectivity index (χ4n) is 2.57. The van der Waals surface area contributed by atoms with Gasteiger partial charge in [-0.05, 0) is 42.0 Å². The minimum Gasteiger partial charge on any atom is -0.383 e. The summed E-state index contributed by atoms with van der Waals surface area (Å²) >= 11 is 1.55. The zero-order chi connectivity index (χ0) is 13.9. The molecular formula is C16H18N2OS. The van der Waals surface area contributed by atoms with E-state index in [1.54, 1.807) is 11.3 Å². The lowest BCUT2D eigenvalue weighted by Crippen LogP contribution is -2.31. The van der Waals surface area contributed by atoms with Crippen LogP contribution < -0.4 is 10.2 Å². The van der Waals surface area contributed by atoms with Crippen LogP contribution in [0.2, 0.25) is 0 Å². The Hall–Kier alpha value is -1.81. The number of hydrogen-bond acceptors (Lipinski definition) is 3. The number of hydrogen-bond donors (Lipinski definition) is 1. The molecule has 3 rings (SSSR count). The molecule has 0 unspecified atom stereocenters. The molecule has 2 aromatic rings. The number of carbonyl (C=O) groups is 1. The summed E-state index contributed by atoms with van der Waals surface area (Å²) in [4.78, 5) is 15.7. The Kier molecular flexibility index (Phi) is 3.74. The fraction of sp³-hybridized carbons (Fsp3) is 0.312. The molecule has 2 heterocycles. The number of amides is 1. The van der Waals surface area contributed by atoms with E-state index in [2.05, 4.69) is 18.3 Å². The van der Waals surface area contributed by atoms with E-state index in [1.807, 2.05) is 34.5 Å². The number of rotatable bonds is 2. The second-order valence-electron chi connectivity index (χ2n) is 4.88. The molecule has 1 amide bonds. The minimum atomic E-state index is 0.132. The Balaban J connectivity index is 1.99. The SMILES string of the molecule is CCc1ccsc1C(=O)N1CCCNc2ccccc21. The summed E-state index contributed by atoms with van der Waals surface area (Å²) in [6.07, 6.45) is 1.87. The molecule has 3 nitrogen and oxygen atoms in total. The van der Waals surface area contributed by atoms with Gasteiger partial charge in [-0.15, -0.1) is 11.3 Å². The maximum absolute atomic E-state index is 12.9. The largest absolute Gasteiger partial charge is 0.383 e. The van der Waals surface area contributed by atoms with E-state index in [0.717, 1.165) is 47.7 Å². The van der Waals surface area contributed by atoms with E-state index in [-0.39, 0.29) is 5.91 Å². The third-order valence-corrected chi connectivity index (χ3v) is 4.58. The molecule has 0 spiro atoms. The predicted octanol–water partition coefficient (Wildman–Crippen LogP) is 3.77. The lowest BCUT2D eigenvalue weighted by atomic mass is 10.1. The molecule has 0 aliphatic carbocycles. The van der Waals surface area contributed by atoms with Gasteiger partial charge in [0.2, 0.25) is 0 Å². The first-order valence-electron chi connectivity index (χ1n) is 7.02. The molecule has 104 valence electrons. The number of anilines is 2. The number of para-hydroxylation sites is 2. The van der Waals surface area contributed by atoms with Crippen molar-refractivity contribution in [3.8, 4) is 0 Å².